The minimum atomic E-state index is 0.447. The second-order valence-electron chi connectivity index (χ2n) is 6.21. The Labute approximate surface area is 99.2 Å². The molecule has 0 heterocycles. The zero-order valence-corrected chi connectivity index (χ0v) is 10.4. The van der Waals surface area contributed by atoms with Crippen LogP contribution in [0.15, 0.2) is 25.1 Å². The summed E-state index contributed by atoms with van der Waals surface area (Å²) in [5, 5.41) is 0. The summed E-state index contributed by atoms with van der Waals surface area (Å²) >= 11 is 0. The molecule has 4 aliphatic rings. The van der Waals surface area contributed by atoms with E-state index >= 15 is 0 Å². The minimum absolute atomic E-state index is 0.447. The summed E-state index contributed by atoms with van der Waals surface area (Å²) in [4.78, 5) is 2.43. The fraction of sp³-hybridized carbons (Fsp3) is 0.733. The van der Waals surface area contributed by atoms with Crippen molar-refractivity contribution in [1.29, 1.82) is 0 Å². The third kappa shape index (κ3) is 1.44. The van der Waals surface area contributed by atoms with Gasteiger partial charge in [0.25, 0.3) is 0 Å². The molecule has 0 unspecified atom stereocenters. The summed E-state index contributed by atoms with van der Waals surface area (Å²) in [6.07, 6.45) is 15.2. The van der Waals surface area contributed by atoms with Crippen LogP contribution in [0, 0.1) is 17.8 Å². The Morgan fingerprint density at radius 3 is 1.94 bits per heavy atom. The van der Waals surface area contributed by atoms with E-state index in [0.29, 0.717) is 5.54 Å². The molecule has 0 radical (unpaired) electrons. The van der Waals surface area contributed by atoms with Gasteiger partial charge in [-0.3, -0.25) is 0 Å². The molecule has 4 saturated carbocycles. The molecule has 4 aliphatic carbocycles. The molecule has 0 aromatic carbocycles. The van der Waals surface area contributed by atoms with Gasteiger partial charge in [-0.15, -0.1) is 0 Å². The molecule has 0 aromatic rings. The van der Waals surface area contributed by atoms with Crippen molar-refractivity contribution < 1.29 is 0 Å². The number of rotatable bonds is 3. The maximum Gasteiger partial charge on any atom is 0.0447 e. The average molecular weight is 217 g/mol. The van der Waals surface area contributed by atoms with Crippen LogP contribution < -0.4 is 0 Å². The quantitative estimate of drug-likeness (QED) is 0.692. The van der Waals surface area contributed by atoms with E-state index in [0.717, 1.165) is 17.8 Å². The van der Waals surface area contributed by atoms with Gasteiger partial charge in [0.1, 0.15) is 0 Å². The lowest BCUT2D eigenvalue weighted by Crippen LogP contribution is -2.56. The van der Waals surface area contributed by atoms with Gasteiger partial charge in [-0.1, -0.05) is 12.7 Å². The van der Waals surface area contributed by atoms with Gasteiger partial charge in [-0.2, -0.15) is 0 Å². The highest BCUT2D eigenvalue weighted by atomic mass is 15.2. The van der Waals surface area contributed by atoms with E-state index in [1.165, 1.54) is 38.5 Å². The van der Waals surface area contributed by atoms with E-state index in [4.69, 9.17) is 0 Å². The first kappa shape index (κ1) is 10.4. The second-order valence-corrected chi connectivity index (χ2v) is 6.21. The van der Waals surface area contributed by atoms with Crippen LogP contribution >= 0.6 is 0 Å². The van der Waals surface area contributed by atoms with Crippen molar-refractivity contribution in [2.75, 3.05) is 0 Å². The van der Waals surface area contributed by atoms with Crippen LogP contribution in [0.5, 0.6) is 0 Å². The highest BCUT2D eigenvalue weighted by molar-refractivity contribution is 5.11. The van der Waals surface area contributed by atoms with Crippen LogP contribution in [0.2, 0.25) is 0 Å². The lowest BCUT2D eigenvalue weighted by molar-refractivity contribution is -0.0551. The molecule has 0 atom stereocenters. The van der Waals surface area contributed by atoms with Crippen molar-refractivity contribution in [1.82, 2.24) is 4.90 Å². The second kappa shape index (κ2) is 3.65. The van der Waals surface area contributed by atoms with Gasteiger partial charge in [0.05, 0.1) is 0 Å². The zero-order valence-electron chi connectivity index (χ0n) is 10.4. The van der Waals surface area contributed by atoms with Crippen molar-refractivity contribution in [3.8, 4) is 0 Å². The highest BCUT2D eigenvalue weighted by Crippen LogP contribution is 2.57. The number of hydrogen-bond acceptors (Lipinski definition) is 1. The molecule has 4 fully saturated rings. The summed E-state index contributed by atoms with van der Waals surface area (Å²) in [6.45, 7) is 6.12. The molecule has 16 heavy (non-hydrogen) atoms. The van der Waals surface area contributed by atoms with Crippen LogP contribution in [0.4, 0.5) is 0 Å². The molecule has 0 aliphatic heterocycles. The van der Waals surface area contributed by atoms with E-state index in [2.05, 4.69) is 30.7 Å². The molecule has 88 valence electrons. The average Bonchev–Trinajstić information content (AvgIpc) is 2.23. The van der Waals surface area contributed by atoms with Gasteiger partial charge in [-0.25, -0.2) is 0 Å². The standard InChI is InChI=1S/C15H23N/c1-3-5-16(4-2)15-9-12-6-13(10-15)8-14(7-12)11-15/h3-5,12-14H,2,6-11H2,1H3/b5-3-. The summed E-state index contributed by atoms with van der Waals surface area (Å²) in [5.74, 6) is 3.04. The minimum Gasteiger partial charge on any atom is -0.349 e. The molecule has 0 N–H and O–H groups in total. The summed E-state index contributed by atoms with van der Waals surface area (Å²) in [7, 11) is 0. The Bertz CT molecular complexity index is 280. The third-order valence-corrected chi connectivity index (χ3v) is 5.06. The van der Waals surface area contributed by atoms with Gasteiger partial charge in [0, 0.05) is 5.54 Å². The van der Waals surface area contributed by atoms with Crippen LogP contribution in [0.3, 0.4) is 0 Å². The number of nitrogens with zero attached hydrogens (tertiary/aromatic N) is 1. The lowest BCUT2D eigenvalue weighted by Gasteiger charge is -2.59. The van der Waals surface area contributed by atoms with E-state index in [9.17, 15) is 0 Å². The monoisotopic (exact) mass is 217 g/mol. The largest absolute Gasteiger partial charge is 0.349 e. The molecule has 4 rings (SSSR count). The third-order valence-electron chi connectivity index (χ3n) is 5.06. The maximum absolute atomic E-state index is 4.01. The molecule has 0 spiro atoms. The molecule has 0 saturated heterocycles. The van der Waals surface area contributed by atoms with Crippen LogP contribution in [0.25, 0.3) is 0 Å². The van der Waals surface area contributed by atoms with Crippen molar-refractivity contribution in [2.45, 2.75) is 51.0 Å². The summed E-state index contributed by atoms with van der Waals surface area (Å²) in [5.41, 5.74) is 0.447. The normalized spacial score (nSPS) is 45.2. The fourth-order valence-corrected chi connectivity index (χ4v) is 4.95. The van der Waals surface area contributed by atoms with Crippen molar-refractivity contribution in [3.05, 3.63) is 25.1 Å². The van der Waals surface area contributed by atoms with E-state index in [-0.39, 0.29) is 0 Å². The summed E-state index contributed by atoms with van der Waals surface area (Å²) in [6, 6.07) is 0. The Kier molecular flexibility index (Phi) is 2.38. The Morgan fingerprint density at radius 2 is 1.56 bits per heavy atom. The van der Waals surface area contributed by atoms with Crippen LogP contribution in [0.1, 0.15) is 45.4 Å². The topological polar surface area (TPSA) is 3.24 Å². The van der Waals surface area contributed by atoms with E-state index in [1.54, 1.807) is 0 Å². The molecular weight excluding hydrogens is 194 g/mol. The predicted octanol–water partition coefficient (Wildman–Crippen LogP) is 3.93. The number of allylic oxidation sites excluding steroid dienone is 1. The smallest absolute Gasteiger partial charge is 0.0447 e. The maximum atomic E-state index is 4.01. The first-order valence-corrected chi connectivity index (χ1v) is 6.79. The Hall–Kier alpha value is -0.720. The first-order valence-electron chi connectivity index (χ1n) is 6.79. The first-order chi connectivity index (χ1) is 7.75. The number of hydrogen-bond donors (Lipinski definition) is 0. The van der Waals surface area contributed by atoms with E-state index < -0.39 is 0 Å². The van der Waals surface area contributed by atoms with Crippen LogP contribution in [-0.4, -0.2) is 10.4 Å². The van der Waals surface area contributed by atoms with Crippen molar-refractivity contribution in [2.24, 2.45) is 17.8 Å². The van der Waals surface area contributed by atoms with Gasteiger partial charge in [0.15, 0.2) is 0 Å². The van der Waals surface area contributed by atoms with Crippen molar-refractivity contribution in [3.63, 3.8) is 0 Å². The highest BCUT2D eigenvalue weighted by Gasteiger charge is 2.52. The Morgan fingerprint density at radius 1 is 1.06 bits per heavy atom. The van der Waals surface area contributed by atoms with Crippen molar-refractivity contribution >= 4 is 0 Å². The van der Waals surface area contributed by atoms with E-state index in [1.807, 2.05) is 6.20 Å². The van der Waals surface area contributed by atoms with Gasteiger partial charge in [-0.05, 0) is 75.6 Å². The predicted molar refractivity (Wildman–Crippen MR) is 67.8 cm³/mol. The molecule has 4 bridgehead atoms. The fourth-order valence-electron chi connectivity index (χ4n) is 4.95. The summed E-state index contributed by atoms with van der Waals surface area (Å²) < 4.78 is 0. The SMILES string of the molecule is C=CN(/C=C\C)C12CC3CC(CC(C3)C1)C2. The molecule has 0 aromatic heterocycles. The van der Waals surface area contributed by atoms with Gasteiger partial charge in [0.2, 0.25) is 0 Å². The van der Waals surface area contributed by atoms with Gasteiger partial charge >= 0.3 is 0 Å². The van der Waals surface area contributed by atoms with Gasteiger partial charge < -0.3 is 4.90 Å². The zero-order chi connectivity index (χ0) is 11.2. The Balaban J connectivity index is 1.89. The molecule has 1 heteroatoms. The molecule has 1 nitrogen and oxygen atoms in total. The molecule has 0 amide bonds. The molecular formula is C15H23N. The lowest BCUT2D eigenvalue weighted by atomic mass is 9.52. The van der Waals surface area contributed by atoms with Crippen LogP contribution in [-0.2, 0) is 0 Å².